The zero-order valence-corrected chi connectivity index (χ0v) is 19.5. The minimum absolute atomic E-state index is 0.579. The van der Waals surface area contributed by atoms with Crippen molar-refractivity contribution in [2.45, 2.75) is 38.8 Å². The number of unbranched alkanes of at least 4 members (excludes halogenated alkanes) is 1. The largest absolute Gasteiger partial charge is 0.494 e. The van der Waals surface area contributed by atoms with E-state index in [1.54, 1.807) is 6.07 Å². The van der Waals surface area contributed by atoms with Crippen LogP contribution in [0.1, 0.15) is 37.3 Å². The Morgan fingerprint density at radius 2 is 1.70 bits per heavy atom. The van der Waals surface area contributed by atoms with Crippen molar-refractivity contribution in [2.75, 3.05) is 57.3 Å². The smallest absolute Gasteiger partial charge is 0.416 e. The quantitative estimate of drug-likeness (QED) is 0.437. The van der Waals surface area contributed by atoms with Crippen LogP contribution in [0.2, 0.25) is 0 Å². The van der Waals surface area contributed by atoms with Crippen molar-refractivity contribution in [3.63, 3.8) is 0 Å². The summed E-state index contributed by atoms with van der Waals surface area (Å²) in [4.78, 5) is 4.44. The van der Waals surface area contributed by atoms with Gasteiger partial charge in [-0.25, -0.2) is 0 Å². The molecular weight excluding hydrogens is 427 g/mol. The Kier molecular flexibility index (Phi) is 9.88. The Hall–Kier alpha value is -2.25. The van der Waals surface area contributed by atoms with Crippen LogP contribution in [-0.2, 0) is 12.6 Å². The fraction of sp³-hybridized carbons (Fsp3) is 0.538. The molecule has 1 aliphatic heterocycles. The summed E-state index contributed by atoms with van der Waals surface area (Å²) >= 11 is 0. The first-order valence-corrected chi connectivity index (χ1v) is 12.0. The van der Waals surface area contributed by atoms with E-state index in [-0.39, 0.29) is 0 Å². The SMILES string of the molecule is CCCCOc1ccc(CCNCCCN2CCN(c3cccc(C(F)(F)F)c3)CC2)cc1. The number of alkyl halides is 3. The van der Waals surface area contributed by atoms with Crippen LogP contribution in [0, 0.1) is 0 Å². The lowest BCUT2D eigenvalue weighted by Crippen LogP contribution is -2.47. The van der Waals surface area contributed by atoms with Gasteiger partial charge in [0.2, 0.25) is 0 Å². The van der Waals surface area contributed by atoms with E-state index in [0.29, 0.717) is 5.69 Å². The normalized spacial score (nSPS) is 15.1. The molecule has 4 nitrogen and oxygen atoms in total. The molecule has 0 unspecified atom stereocenters. The predicted octanol–water partition coefficient (Wildman–Crippen LogP) is 5.23. The molecule has 33 heavy (non-hydrogen) atoms. The maximum Gasteiger partial charge on any atom is 0.416 e. The van der Waals surface area contributed by atoms with Crippen LogP contribution in [0.25, 0.3) is 0 Å². The molecule has 0 aliphatic carbocycles. The molecular formula is C26H36F3N3O. The van der Waals surface area contributed by atoms with Gasteiger partial charge < -0.3 is 15.0 Å². The number of nitrogens with zero attached hydrogens (tertiary/aromatic N) is 2. The predicted molar refractivity (Wildman–Crippen MR) is 128 cm³/mol. The molecule has 1 heterocycles. The lowest BCUT2D eigenvalue weighted by Gasteiger charge is -2.36. The Balaban J connectivity index is 1.27. The standard InChI is InChI=1S/C26H36F3N3O/c1-2-3-20-33-25-10-8-22(9-11-25)12-14-30-13-5-15-31-16-18-32(19-17-31)24-7-4-6-23(21-24)26(27,28)29/h4,6-11,21,30H,2-3,5,12-20H2,1H3. The first kappa shape index (κ1) is 25.4. The summed E-state index contributed by atoms with van der Waals surface area (Å²) in [5.74, 6) is 0.938. The van der Waals surface area contributed by atoms with Gasteiger partial charge in [-0.2, -0.15) is 13.2 Å². The van der Waals surface area contributed by atoms with Gasteiger partial charge in [0.1, 0.15) is 5.75 Å². The summed E-state index contributed by atoms with van der Waals surface area (Å²) in [5, 5.41) is 3.51. The number of halogens is 3. The number of nitrogens with one attached hydrogen (secondary N) is 1. The van der Waals surface area contributed by atoms with Crippen LogP contribution < -0.4 is 15.0 Å². The maximum atomic E-state index is 13.0. The number of ether oxygens (including phenoxy) is 1. The van der Waals surface area contributed by atoms with Crippen molar-refractivity contribution in [1.82, 2.24) is 10.2 Å². The van der Waals surface area contributed by atoms with E-state index in [1.165, 1.54) is 17.7 Å². The number of benzene rings is 2. The van der Waals surface area contributed by atoms with Crippen molar-refractivity contribution in [3.05, 3.63) is 59.7 Å². The third kappa shape index (κ3) is 8.55. The summed E-state index contributed by atoms with van der Waals surface area (Å²) in [6, 6.07) is 14.0. The summed E-state index contributed by atoms with van der Waals surface area (Å²) in [5.41, 5.74) is 1.38. The lowest BCUT2D eigenvalue weighted by atomic mass is 10.1. The van der Waals surface area contributed by atoms with Gasteiger partial charge in [-0.3, -0.25) is 4.90 Å². The van der Waals surface area contributed by atoms with E-state index in [4.69, 9.17) is 4.74 Å². The highest BCUT2D eigenvalue weighted by Gasteiger charge is 2.31. The van der Waals surface area contributed by atoms with Gasteiger partial charge in [-0.1, -0.05) is 31.5 Å². The fourth-order valence-corrected chi connectivity index (χ4v) is 3.98. The third-order valence-electron chi connectivity index (χ3n) is 6.02. The number of hydrogen-bond acceptors (Lipinski definition) is 4. The highest BCUT2D eigenvalue weighted by molar-refractivity contribution is 5.49. The van der Waals surface area contributed by atoms with Crippen LogP contribution in [0.15, 0.2) is 48.5 Å². The van der Waals surface area contributed by atoms with E-state index in [1.807, 2.05) is 17.0 Å². The van der Waals surface area contributed by atoms with Gasteiger partial charge >= 0.3 is 6.18 Å². The van der Waals surface area contributed by atoms with Gasteiger partial charge in [-0.05, 0) is 74.8 Å². The molecule has 0 aromatic heterocycles. The van der Waals surface area contributed by atoms with E-state index in [9.17, 15) is 13.2 Å². The molecule has 0 bridgehead atoms. The van der Waals surface area contributed by atoms with Gasteiger partial charge in [0.15, 0.2) is 0 Å². The lowest BCUT2D eigenvalue weighted by molar-refractivity contribution is -0.137. The number of piperazine rings is 1. The second kappa shape index (κ2) is 12.8. The first-order valence-electron chi connectivity index (χ1n) is 12.0. The second-order valence-electron chi connectivity index (χ2n) is 8.58. The van der Waals surface area contributed by atoms with Gasteiger partial charge in [-0.15, -0.1) is 0 Å². The average Bonchev–Trinajstić information content (AvgIpc) is 2.82. The molecule has 1 fully saturated rings. The molecule has 0 atom stereocenters. The molecule has 7 heteroatoms. The number of anilines is 1. The maximum absolute atomic E-state index is 13.0. The molecule has 0 spiro atoms. The van der Waals surface area contributed by atoms with E-state index < -0.39 is 11.7 Å². The molecule has 0 saturated carbocycles. The summed E-state index contributed by atoms with van der Waals surface area (Å²) in [6.45, 7) is 9.12. The molecule has 1 saturated heterocycles. The Morgan fingerprint density at radius 1 is 0.939 bits per heavy atom. The highest BCUT2D eigenvalue weighted by Crippen LogP contribution is 2.31. The van der Waals surface area contributed by atoms with E-state index in [0.717, 1.165) is 89.9 Å². The zero-order valence-electron chi connectivity index (χ0n) is 19.5. The summed E-state index contributed by atoms with van der Waals surface area (Å²) in [6.07, 6.45) is -0.0213. The fourth-order valence-electron chi connectivity index (χ4n) is 3.98. The van der Waals surface area contributed by atoms with Crippen LogP contribution in [0.4, 0.5) is 18.9 Å². The summed E-state index contributed by atoms with van der Waals surface area (Å²) < 4.78 is 44.6. The molecule has 3 rings (SSSR count). The number of rotatable bonds is 12. The monoisotopic (exact) mass is 463 g/mol. The van der Waals surface area contributed by atoms with Crippen LogP contribution in [-0.4, -0.2) is 57.3 Å². The molecule has 1 N–H and O–H groups in total. The van der Waals surface area contributed by atoms with Crippen LogP contribution >= 0.6 is 0 Å². The van der Waals surface area contributed by atoms with Crippen molar-refractivity contribution < 1.29 is 17.9 Å². The molecule has 182 valence electrons. The van der Waals surface area contributed by atoms with Gasteiger partial charge in [0.05, 0.1) is 12.2 Å². The van der Waals surface area contributed by atoms with Crippen molar-refractivity contribution in [1.29, 1.82) is 0 Å². The first-order chi connectivity index (χ1) is 16.0. The summed E-state index contributed by atoms with van der Waals surface area (Å²) in [7, 11) is 0. The van der Waals surface area contributed by atoms with E-state index >= 15 is 0 Å². The van der Waals surface area contributed by atoms with Crippen LogP contribution in [0.5, 0.6) is 5.75 Å². The molecule has 0 amide bonds. The number of hydrogen-bond donors (Lipinski definition) is 1. The van der Waals surface area contributed by atoms with Crippen molar-refractivity contribution >= 4 is 5.69 Å². The average molecular weight is 464 g/mol. The van der Waals surface area contributed by atoms with Gasteiger partial charge in [0.25, 0.3) is 0 Å². The Bertz CT molecular complexity index is 818. The molecule has 1 aliphatic rings. The van der Waals surface area contributed by atoms with Gasteiger partial charge in [0, 0.05) is 31.9 Å². The Morgan fingerprint density at radius 3 is 2.39 bits per heavy atom. The highest BCUT2D eigenvalue weighted by atomic mass is 19.4. The zero-order chi connectivity index (χ0) is 23.5. The molecule has 2 aromatic rings. The minimum atomic E-state index is -4.29. The van der Waals surface area contributed by atoms with Crippen LogP contribution in [0.3, 0.4) is 0 Å². The van der Waals surface area contributed by atoms with E-state index in [2.05, 4.69) is 29.3 Å². The van der Waals surface area contributed by atoms with Crippen molar-refractivity contribution in [2.24, 2.45) is 0 Å². The molecule has 2 aromatic carbocycles. The Labute approximate surface area is 195 Å². The topological polar surface area (TPSA) is 27.7 Å². The second-order valence-corrected chi connectivity index (χ2v) is 8.58. The minimum Gasteiger partial charge on any atom is -0.494 e. The van der Waals surface area contributed by atoms with Crippen molar-refractivity contribution in [3.8, 4) is 5.75 Å². The third-order valence-corrected chi connectivity index (χ3v) is 6.02. The molecule has 0 radical (unpaired) electrons.